The van der Waals surface area contributed by atoms with Crippen LogP contribution in [0.4, 0.5) is 11.4 Å². The highest BCUT2D eigenvalue weighted by molar-refractivity contribution is 7.91. The van der Waals surface area contributed by atoms with Gasteiger partial charge in [-0.25, -0.2) is 8.42 Å². The summed E-state index contributed by atoms with van der Waals surface area (Å²) in [5.74, 6) is 0.579. The highest BCUT2D eigenvalue weighted by Crippen LogP contribution is 2.19. The third kappa shape index (κ3) is 4.89. The average molecular weight is 311 g/mol. The third-order valence-corrected chi connectivity index (χ3v) is 5.68. The second kappa shape index (κ2) is 7.13. The van der Waals surface area contributed by atoms with Crippen molar-refractivity contribution < 1.29 is 8.42 Å². The van der Waals surface area contributed by atoms with Gasteiger partial charge in [-0.2, -0.15) is 0 Å². The molecule has 1 aliphatic heterocycles. The Morgan fingerprint density at radius 3 is 2.48 bits per heavy atom. The summed E-state index contributed by atoms with van der Waals surface area (Å²) in [6.45, 7) is 6.18. The molecule has 2 rings (SSSR count). The van der Waals surface area contributed by atoms with Crippen LogP contribution in [-0.2, 0) is 9.84 Å². The largest absolute Gasteiger partial charge is 0.399 e. The summed E-state index contributed by atoms with van der Waals surface area (Å²) in [4.78, 5) is 4.53. The van der Waals surface area contributed by atoms with Gasteiger partial charge in [0.1, 0.15) is 0 Å². The van der Waals surface area contributed by atoms with Gasteiger partial charge < -0.3 is 10.6 Å². The molecule has 5 nitrogen and oxygen atoms in total. The predicted octanol–water partition coefficient (Wildman–Crippen LogP) is 1.22. The topological polar surface area (TPSA) is 66.6 Å². The van der Waals surface area contributed by atoms with Crippen LogP contribution in [0.25, 0.3) is 0 Å². The second-order valence-corrected chi connectivity index (χ2v) is 7.88. The first-order valence-corrected chi connectivity index (χ1v) is 9.35. The highest BCUT2D eigenvalue weighted by atomic mass is 32.2. The molecule has 1 saturated heterocycles. The van der Waals surface area contributed by atoms with Crippen LogP contribution in [0, 0.1) is 0 Å². The van der Waals surface area contributed by atoms with Gasteiger partial charge in [0.05, 0.1) is 5.75 Å². The molecule has 0 radical (unpaired) electrons. The fourth-order valence-electron chi connectivity index (χ4n) is 2.63. The molecule has 6 heteroatoms. The summed E-state index contributed by atoms with van der Waals surface area (Å²) >= 11 is 0. The number of sulfone groups is 1. The van der Waals surface area contributed by atoms with E-state index >= 15 is 0 Å². The molecule has 118 valence electrons. The van der Waals surface area contributed by atoms with Gasteiger partial charge in [-0.05, 0) is 24.6 Å². The van der Waals surface area contributed by atoms with Gasteiger partial charge >= 0.3 is 0 Å². The van der Waals surface area contributed by atoms with E-state index in [9.17, 15) is 8.42 Å². The minimum Gasteiger partial charge on any atom is -0.399 e. The number of nitrogens with two attached hydrogens (primary N) is 1. The predicted molar refractivity (Wildman–Crippen MR) is 88.5 cm³/mol. The first-order valence-electron chi connectivity index (χ1n) is 7.53. The number of benzene rings is 1. The molecule has 0 unspecified atom stereocenters. The molecule has 0 amide bonds. The maximum Gasteiger partial charge on any atom is 0.151 e. The molecule has 0 bridgehead atoms. The van der Waals surface area contributed by atoms with E-state index in [1.807, 2.05) is 25.1 Å². The lowest BCUT2D eigenvalue weighted by molar-refractivity contribution is 0.272. The Kier molecular flexibility index (Phi) is 5.47. The van der Waals surface area contributed by atoms with Crippen molar-refractivity contribution in [2.24, 2.45) is 0 Å². The summed E-state index contributed by atoms with van der Waals surface area (Å²) in [6, 6.07) is 7.91. The SMILES string of the molecule is CCCS(=O)(=O)CCN1CCN(c2cccc(N)c2)CC1. The van der Waals surface area contributed by atoms with E-state index in [2.05, 4.69) is 15.9 Å². The van der Waals surface area contributed by atoms with Crippen molar-refractivity contribution in [3.05, 3.63) is 24.3 Å². The Labute approximate surface area is 127 Å². The monoisotopic (exact) mass is 311 g/mol. The van der Waals surface area contributed by atoms with E-state index in [1.54, 1.807) is 0 Å². The smallest absolute Gasteiger partial charge is 0.151 e. The molecule has 0 aliphatic carbocycles. The maximum absolute atomic E-state index is 11.7. The van der Waals surface area contributed by atoms with Crippen LogP contribution in [-0.4, -0.2) is 57.5 Å². The lowest BCUT2D eigenvalue weighted by atomic mass is 10.2. The molecule has 1 aliphatic rings. The Morgan fingerprint density at radius 1 is 1.14 bits per heavy atom. The zero-order chi connectivity index (χ0) is 15.3. The minimum absolute atomic E-state index is 0.277. The van der Waals surface area contributed by atoms with Gasteiger partial charge in [-0.3, -0.25) is 4.90 Å². The van der Waals surface area contributed by atoms with Crippen molar-refractivity contribution in [3.63, 3.8) is 0 Å². The normalized spacial score (nSPS) is 17.1. The third-order valence-electron chi connectivity index (χ3n) is 3.84. The van der Waals surface area contributed by atoms with Crippen molar-refractivity contribution in [1.82, 2.24) is 4.90 Å². The Bertz CT molecular complexity index is 552. The molecule has 1 aromatic carbocycles. The van der Waals surface area contributed by atoms with Gasteiger partial charge in [-0.1, -0.05) is 13.0 Å². The van der Waals surface area contributed by atoms with Gasteiger partial charge in [0, 0.05) is 49.9 Å². The Morgan fingerprint density at radius 2 is 1.86 bits per heavy atom. The molecule has 0 saturated carbocycles. The van der Waals surface area contributed by atoms with E-state index < -0.39 is 9.84 Å². The second-order valence-electron chi connectivity index (χ2n) is 5.58. The number of hydrogen-bond donors (Lipinski definition) is 1. The van der Waals surface area contributed by atoms with E-state index in [0.29, 0.717) is 18.7 Å². The fraction of sp³-hybridized carbons (Fsp3) is 0.600. The van der Waals surface area contributed by atoms with Crippen LogP contribution in [0.5, 0.6) is 0 Å². The Balaban J connectivity index is 1.81. The summed E-state index contributed by atoms with van der Waals surface area (Å²) in [5, 5.41) is 0. The molecule has 0 atom stereocenters. The first kappa shape index (κ1) is 16.1. The van der Waals surface area contributed by atoms with Crippen LogP contribution in [0.1, 0.15) is 13.3 Å². The molecule has 1 heterocycles. The molecule has 0 aromatic heterocycles. The number of anilines is 2. The molecule has 21 heavy (non-hydrogen) atoms. The maximum atomic E-state index is 11.7. The number of hydrogen-bond acceptors (Lipinski definition) is 5. The number of nitrogens with zero attached hydrogens (tertiary/aromatic N) is 2. The van der Waals surface area contributed by atoms with E-state index in [4.69, 9.17) is 5.73 Å². The summed E-state index contributed by atoms with van der Waals surface area (Å²) in [5.41, 5.74) is 7.74. The van der Waals surface area contributed by atoms with Crippen LogP contribution < -0.4 is 10.6 Å². The van der Waals surface area contributed by atoms with E-state index in [-0.39, 0.29) is 5.75 Å². The lowest BCUT2D eigenvalue weighted by Gasteiger charge is -2.36. The van der Waals surface area contributed by atoms with Crippen LogP contribution >= 0.6 is 0 Å². The van der Waals surface area contributed by atoms with Gasteiger partial charge in [0.2, 0.25) is 0 Å². The molecule has 0 spiro atoms. The van der Waals surface area contributed by atoms with Crippen LogP contribution in [0.3, 0.4) is 0 Å². The van der Waals surface area contributed by atoms with E-state index in [0.717, 1.165) is 37.6 Å². The quantitative estimate of drug-likeness (QED) is 0.800. The van der Waals surface area contributed by atoms with Crippen molar-refractivity contribution in [2.45, 2.75) is 13.3 Å². The standard InChI is InChI=1S/C15H25N3O2S/c1-2-11-21(19,20)12-10-17-6-8-18(9-7-17)15-5-3-4-14(16)13-15/h3-5,13H,2,6-12,16H2,1H3. The first-order chi connectivity index (χ1) is 10.00. The van der Waals surface area contributed by atoms with Crippen molar-refractivity contribution in [3.8, 4) is 0 Å². The summed E-state index contributed by atoms with van der Waals surface area (Å²) < 4.78 is 23.5. The summed E-state index contributed by atoms with van der Waals surface area (Å²) in [6.07, 6.45) is 0.700. The lowest BCUT2D eigenvalue weighted by Crippen LogP contribution is -2.47. The molecular formula is C15H25N3O2S. The zero-order valence-corrected chi connectivity index (χ0v) is 13.5. The van der Waals surface area contributed by atoms with Gasteiger partial charge in [-0.15, -0.1) is 0 Å². The zero-order valence-electron chi connectivity index (χ0n) is 12.7. The summed E-state index contributed by atoms with van der Waals surface area (Å²) in [7, 11) is -2.87. The van der Waals surface area contributed by atoms with Crippen molar-refractivity contribution in [2.75, 3.05) is 54.9 Å². The van der Waals surface area contributed by atoms with Gasteiger partial charge in [0.15, 0.2) is 9.84 Å². The highest BCUT2D eigenvalue weighted by Gasteiger charge is 2.19. The number of piperazine rings is 1. The molecular weight excluding hydrogens is 286 g/mol. The van der Waals surface area contributed by atoms with Crippen molar-refractivity contribution >= 4 is 21.2 Å². The van der Waals surface area contributed by atoms with Crippen LogP contribution in [0.15, 0.2) is 24.3 Å². The Hall–Kier alpha value is -1.27. The number of rotatable bonds is 6. The number of nitrogen functional groups attached to an aromatic ring is 1. The average Bonchev–Trinajstić information content (AvgIpc) is 2.46. The molecule has 1 aromatic rings. The minimum atomic E-state index is -2.87. The molecule has 1 fully saturated rings. The fourth-order valence-corrected chi connectivity index (χ4v) is 3.99. The van der Waals surface area contributed by atoms with Crippen molar-refractivity contribution in [1.29, 1.82) is 0 Å². The molecule has 2 N–H and O–H groups in total. The van der Waals surface area contributed by atoms with Crippen LogP contribution in [0.2, 0.25) is 0 Å². The van der Waals surface area contributed by atoms with E-state index in [1.165, 1.54) is 0 Å². The van der Waals surface area contributed by atoms with Gasteiger partial charge in [0.25, 0.3) is 0 Å².